The Balaban J connectivity index is 2.01. The third-order valence-corrected chi connectivity index (χ3v) is 3.89. The van der Waals surface area contributed by atoms with Crippen molar-refractivity contribution in [3.63, 3.8) is 0 Å². The van der Waals surface area contributed by atoms with Crippen LogP contribution in [0.3, 0.4) is 0 Å². The van der Waals surface area contributed by atoms with E-state index in [1.165, 1.54) is 0 Å². The molecule has 3 rings (SSSR count). The number of ether oxygens (including phenoxy) is 1. The lowest BCUT2D eigenvalue weighted by Crippen LogP contribution is -2.22. The maximum atomic E-state index is 12.0. The molecule has 3 heteroatoms. The van der Waals surface area contributed by atoms with Crippen LogP contribution in [0.4, 0.5) is 0 Å². The van der Waals surface area contributed by atoms with Crippen LogP contribution in [-0.4, -0.2) is 5.97 Å². The van der Waals surface area contributed by atoms with Crippen molar-refractivity contribution < 1.29 is 9.53 Å². The van der Waals surface area contributed by atoms with Gasteiger partial charge in [0.05, 0.1) is 5.56 Å². The number of fused-ring (bicyclic) bond motifs is 1. The lowest BCUT2D eigenvalue weighted by atomic mass is 9.95. The standard InChI is InChI=1S/C15H11BrO2/c16-13-8-4-7-11-12(13)9-14(18-15(11)17)10-5-2-1-3-6-10/h1-8,14H,9H2. The van der Waals surface area contributed by atoms with Crippen LogP contribution in [0.1, 0.15) is 27.6 Å². The molecule has 1 unspecified atom stereocenters. The molecule has 1 aliphatic rings. The third-order valence-electron chi connectivity index (χ3n) is 3.15. The average molecular weight is 303 g/mol. The summed E-state index contributed by atoms with van der Waals surface area (Å²) in [7, 11) is 0. The van der Waals surface area contributed by atoms with Crippen molar-refractivity contribution in [3.05, 3.63) is 69.7 Å². The summed E-state index contributed by atoms with van der Waals surface area (Å²) in [4.78, 5) is 12.0. The number of esters is 1. The smallest absolute Gasteiger partial charge is 0.339 e. The molecule has 0 bridgehead atoms. The molecule has 0 fully saturated rings. The van der Waals surface area contributed by atoms with Crippen LogP contribution in [0.15, 0.2) is 53.0 Å². The van der Waals surface area contributed by atoms with Gasteiger partial charge in [-0.05, 0) is 23.3 Å². The fourth-order valence-corrected chi connectivity index (χ4v) is 2.76. The third kappa shape index (κ3) is 1.95. The van der Waals surface area contributed by atoms with Crippen molar-refractivity contribution in [2.75, 3.05) is 0 Å². The number of halogens is 1. The summed E-state index contributed by atoms with van der Waals surface area (Å²) < 4.78 is 6.46. The van der Waals surface area contributed by atoms with Gasteiger partial charge in [-0.2, -0.15) is 0 Å². The van der Waals surface area contributed by atoms with E-state index in [1.54, 1.807) is 0 Å². The Morgan fingerprint density at radius 1 is 1.06 bits per heavy atom. The molecule has 18 heavy (non-hydrogen) atoms. The number of cyclic esters (lactones) is 1. The second-order valence-corrected chi connectivity index (χ2v) is 5.13. The van der Waals surface area contributed by atoms with Crippen LogP contribution >= 0.6 is 15.9 Å². The fraction of sp³-hybridized carbons (Fsp3) is 0.133. The second kappa shape index (κ2) is 4.58. The van der Waals surface area contributed by atoms with E-state index in [-0.39, 0.29) is 12.1 Å². The van der Waals surface area contributed by atoms with E-state index in [9.17, 15) is 4.79 Å². The molecular formula is C15H11BrO2. The molecule has 0 aliphatic carbocycles. The SMILES string of the molecule is O=C1OC(c2ccccc2)Cc2c(Br)cccc21. The van der Waals surface area contributed by atoms with Crippen LogP contribution in [0.2, 0.25) is 0 Å². The predicted molar refractivity (Wildman–Crippen MR) is 72.4 cm³/mol. The lowest BCUT2D eigenvalue weighted by molar-refractivity contribution is 0.0252. The highest BCUT2D eigenvalue weighted by Crippen LogP contribution is 2.34. The van der Waals surface area contributed by atoms with Crippen LogP contribution < -0.4 is 0 Å². The first-order valence-electron chi connectivity index (χ1n) is 5.79. The van der Waals surface area contributed by atoms with Crippen LogP contribution in [0.5, 0.6) is 0 Å². The summed E-state index contributed by atoms with van der Waals surface area (Å²) >= 11 is 3.50. The number of hydrogen-bond donors (Lipinski definition) is 0. The largest absolute Gasteiger partial charge is 0.454 e. The zero-order chi connectivity index (χ0) is 12.5. The zero-order valence-corrected chi connectivity index (χ0v) is 11.2. The van der Waals surface area contributed by atoms with Crippen molar-refractivity contribution in [2.24, 2.45) is 0 Å². The minimum atomic E-state index is -0.244. The van der Waals surface area contributed by atoms with Gasteiger partial charge < -0.3 is 4.74 Å². The van der Waals surface area contributed by atoms with Gasteiger partial charge in [0.25, 0.3) is 0 Å². The van der Waals surface area contributed by atoms with Crippen molar-refractivity contribution in [3.8, 4) is 0 Å². The highest BCUT2D eigenvalue weighted by molar-refractivity contribution is 9.10. The Labute approximate surface area is 114 Å². The molecule has 0 radical (unpaired) electrons. The van der Waals surface area contributed by atoms with Crippen LogP contribution in [-0.2, 0) is 11.2 Å². The molecule has 0 saturated carbocycles. The van der Waals surface area contributed by atoms with E-state index in [2.05, 4.69) is 15.9 Å². The normalized spacial score (nSPS) is 18.1. The van der Waals surface area contributed by atoms with Gasteiger partial charge in [-0.1, -0.05) is 52.3 Å². The van der Waals surface area contributed by atoms with Gasteiger partial charge in [-0.15, -0.1) is 0 Å². The van der Waals surface area contributed by atoms with E-state index in [0.29, 0.717) is 12.0 Å². The van der Waals surface area contributed by atoms with Gasteiger partial charge in [0.15, 0.2) is 0 Å². The first kappa shape index (κ1) is 11.5. The number of carbonyl (C=O) groups is 1. The minimum absolute atomic E-state index is 0.190. The Hall–Kier alpha value is -1.61. The van der Waals surface area contributed by atoms with Gasteiger partial charge >= 0.3 is 5.97 Å². The monoisotopic (exact) mass is 302 g/mol. The van der Waals surface area contributed by atoms with Crippen LogP contribution in [0.25, 0.3) is 0 Å². The summed E-state index contributed by atoms with van der Waals surface area (Å²) in [5.74, 6) is -0.244. The number of benzene rings is 2. The summed E-state index contributed by atoms with van der Waals surface area (Å²) in [5.41, 5.74) is 2.73. The van der Waals surface area contributed by atoms with E-state index in [0.717, 1.165) is 15.6 Å². The summed E-state index contributed by atoms with van der Waals surface area (Å²) in [6.45, 7) is 0. The minimum Gasteiger partial charge on any atom is -0.454 e. The van der Waals surface area contributed by atoms with Gasteiger partial charge in [0.1, 0.15) is 6.10 Å². The van der Waals surface area contributed by atoms with Crippen molar-refractivity contribution in [1.29, 1.82) is 0 Å². The summed E-state index contributed by atoms with van der Waals surface area (Å²) in [6, 6.07) is 15.5. The van der Waals surface area contributed by atoms with Crippen molar-refractivity contribution >= 4 is 21.9 Å². The highest BCUT2D eigenvalue weighted by Gasteiger charge is 2.28. The molecule has 0 saturated heterocycles. The highest BCUT2D eigenvalue weighted by atomic mass is 79.9. The molecule has 0 aromatic heterocycles. The molecule has 90 valence electrons. The lowest BCUT2D eigenvalue weighted by Gasteiger charge is -2.25. The summed E-state index contributed by atoms with van der Waals surface area (Å²) in [5, 5.41) is 0. The Morgan fingerprint density at radius 3 is 2.61 bits per heavy atom. The molecule has 2 aromatic carbocycles. The van der Waals surface area contributed by atoms with Crippen molar-refractivity contribution in [2.45, 2.75) is 12.5 Å². The van der Waals surface area contributed by atoms with Gasteiger partial charge in [-0.25, -0.2) is 4.79 Å². The molecule has 1 aliphatic heterocycles. The molecule has 1 atom stereocenters. The molecule has 0 N–H and O–H groups in total. The van der Waals surface area contributed by atoms with Gasteiger partial charge in [-0.3, -0.25) is 0 Å². The predicted octanol–water partition coefficient (Wildman–Crippen LogP) is 3.90. The van der Waals surface area contributed by atoms with Crippen molar-refractivity contribution in [1.82, 2.24) is 0 Å². The van der Waals surface area contributed by atoms with Gasteiger partial charge in [0.2, 0.25) is 0 Å². The number of carbonyl (C=O) groups excluding carboxylic acids is 1. The van der Waals surface area contributed by atoms with E-state index < -0.39 is 0 Å². The first-order valence-corrected chi connectivity index (χ1v) is 6.58. The van der Waals surface area contributed by atoms with Crippen LogP contribution in [0, 0.1) is 0 Å². The Bertz CT molecular complexity index is 593. The number of hydrogen-bond acceptors (Lipinski definition) is 2. The molecule has 2 nitrogen and oxygen atoms in total. The summed E-state index contributed by atoms with van der Waals surface area (Å²) in [6.07, 6.45) is 0.525. The van der Waals surface area contributed by atoms with E-state index >= 15 is 0 Å². The molecule has 2 aromatic rings. The van der Waals surface area contributed by atoms with E-state index in [4.69, 9.17) is 4.74 Å². The molecular weight excluding hydrogens is 292 g/mol. The zero-order valence-electron chi connectivity index (χ0n) is 9.60. The Morgan fingerprint density at radius 2 is 1.83 bits per heavy atom. The topological polar surface area (TPSA) is 26.3 Å². The molecule has 1 heterocycles. The maximum absolute atomic E-state index is 12.0. The average Bonchev–Trinajstić information content (AvgIpc) is 2.41. The Kier molecular flexibility index (Phi) is 2.92. The molecule has 0 spiro atoms. The maximum Gasteiger partial charge on any atom is 0.339 e. The first-order chi connectivity index (χ1) is 8.75. The van der Waals surface area contributed by atoms with Gasteiger partial charge in [0, 0.05) is 10.9 Å². The number of rotatable bonds is 1. The quantitative estimate of drug-likeness (QED) is 0.747. The van der Waals surface area contributed by atoms with E-state index in [1.807, 2.05) is 48.5 Å². The fourth-order valence-electron chi connectivity index (χ4n) is 2.23. The molecule has 0 amide bonds. The second-order valence-electron chi connectivity index (χ2n) is 4.27.